The molecule has 0 aliphatic carbocycles. The number of likely N-dealkylation sites (N-methyl/N-ethyl adjacent to an activating group) is 1. The predicted molar refractivity (Wildman–Crippen MR) is 108 cm³/mol. The van der Waals surface area contributed by atoms with Crippen molar-refractivity contribution in [3.63, 3.8) is 0 Å². The Balaban J connectivity index is 1.79. The molecule has 0 aliphatic heterocycles. The lowest BCUT2D eigenvalue weighted by molar-refractivity contribution is -0.117. The van der Waals surface area contributed by atoms with Crippen LogP contribution in [0.4, 0.5) is 5.95 Å². The molecule has 0 atom stereocenters. The number of fused-ring (bicyclic) bond motifs is 1. The van der Waals surface area contributed by atoms with Crippen molar-refractivity contribution in [1.82, 2.24) is 24.2 Å². The van der Waals surface area contributed by atoms with Crippen LogP contribution < -0.4 is 5.32 Å². The van der Waals surface area contributed by atoms with Gasteiger partial charge in [0, 0.05) is 19.3 Å². The smallest absolute Gasteiger partial charge is 0.248 e. The molecule has 0 radical (unpaired) electrons. The van der Waals surface area contributed by atoms with E-state index in [2.05, 4.69) is 38.7 Å². The van der Waals surface area contributed by atoms with Crippen molar-refractivity contribution in [1.29, 1.82) is 0 Å². The number of aryl methyl sites for hydroxylation is 1. The van der Waals surface area contributed by atoms with Crippen molar-refractivity contribution >= 4 is 34.5 Å². The van der Waals surface area contributed by atoms with E-state index in [1.165, 1.54) is 4.68 Å². The number of rotatable bonds is 8. The first kappa shape index (κ1) is 19.4. The van der Waals surface area contributed by atoms with Gasteiger partial charge in [-0.05, 0) is 32.1 Å². The second kappa shape index (κ2) is 8.54. The Kier molecular flexibility index (Phi) is 6.13. The first-order valence-electron chi connectivity index (χ1n) is 9.18. The van der Waals surface area contributed by atoms with E-state index in [4.69, 9.17) is 11.6 Å². The van der Waals surface area contributed by atoms with Crippen LogP contribution in [0.1, 0.15) is 19.5 Å². The summed E-state index contributed by atoms with van der Waals surface area (Å²) in [6.45, 7) is 9.82. The Bertz CT molecular complexity index is 908. The van der Waals surface area contributed by atoms with E-state index in [1.54, 1.807) is 6.20 Å². The average Bonchev–Trinajstić information content (AvgIpc) is 3.15. The van der Waals surface area contributed by atoms with Crippen molar-refractivity contribution in [2.24, 2.45) is 0 Å². The van der Waals surface area contributed by atoms with Crippen molar-refractivity contribution in [2.75, 3.05) is 25.0 Å². The summed E-state index contributed by atoms with van der Waals surface area (Å²) in [7, 11) is 0. The first-order valence-corrected chi connectivity index (χ1v) is 9.56. The van der Waals surface area contributed by atoms with Crippen LogP contribution in [0.5, 0.6) is 0 Å². The lowest BCUT2D eigenvalue weighted by Crippen LogP contribution is -2.28. The molecule has 1 N–H and O–H groups in total. The van der Waals surface area contributed by atoms with E-state index < -0.39 is 0 Å². The number of amides is 1. The van der Waals surface area contributed by atoms with Crippen LogP contribution in [0.2, 0.25) is 5.02 Å². The van der Waals surface area contributed by atoms with E-state index in [1.807, 2.05) is 31.2 Å². The minimum Gasteiger partial charge on any atom is -0.309 e. The zero-order valence-corrected chi connectivity index (χ0v) is 16.7. The van der Waals surface area contributed by atoms with Gasteiger partial charge in [-0.1, -0.05) is 37.6 Å². The van der Waals surface area contributed by atoms with E-state index in [0.29, 0.717) is 16.7 Å². The molecule has 27 heavy (non-hydrogen) atoms. The Labute approximate surface area is 163 Å². The molecular weight excluding hydrogens is 364 g/mol. The molecule has 8 heteroatoms. The summed E-state index contributed by atoms with van der Waals surface area (Å²) in [6.07, 6.45) is 1.65. The number of carbonyl (C=O) groups excluding carboxylic acids is 1. The van der Waals surface area contributed by atoms with Crippen LogP contribution in [-0.2, 0) is 17.9 Å². The normalized spacial score (nSPS) is 11.4. The molecule has 0 fully saturated rings. The minimum absolute atomic E-state index is 0.0901. The number of anilines is 1. The van der Waals surface area contributed by atoms with E-state index in [9.17, 15) is 4.79 Å². The molecule has 3 rings (SSSR count). The van der Waals surface area contributed by atoms with Crippen molar-refractivity contribution in [3.8, 4) is 0 Å². The van der Waals surface area contributed by atoms with Gasteiger partial charge in [0.25, 0.3) is 0 Å². The van der Waals surface area contributed by atoms with E-state index in [-0.39, 0.29) is 12.5 Å². The second-order valence-corrected chi connectivity index (χ2v) is 6.82. The fraction of sp³-hybridized carbons (Fsp3) is 0.421. The fourth-order valence-corrected chi connectivity index (χ4v) is 3.21. The molecule has 0 aliphatic rings. The van der Waals surface area contributed by atoms with Gasteiger partial charge in [-0.2, -0.15) is 5.10 Å². The van der Waals surface area contributed by atoms with E-state index in [0.717, 1.165) is 37.2 Å². The average molecular weight is 389 g/mol. The molecule has 0 spiro atoms. The fourth-order valence-electron chi connectivity index (χ4n) is 3.06. The molecule has 0 saturated carbocycles. The first-order chi connectivity index (χ1) is 13.0. The SMILES string of the molecule is CCN(CC)CCn1c(NC(=O)Cn2cc(Cl)c(C)n2)nc2ccccc21. The summed E-state index contributed by atoms with van der Waals surface area (Å²) < 4.78 is 3.60. The summed E-state index contributed by atoms with van der Waals surface area (Å²) in [5.41, 5.74) is 2.58. The molecular formula is C19H25ClN6O. The highest BCUT2D eigenvalue weighted by atomic mass is 35.5. The summed E-state index contributed by atoms with van der Waals surface area (Å²) in [6, 6.07) is 7.91. The number of imidazole rings is 1. The molecule has 3 aromatic rings. The quantitative estimate of drug-likeness (QED) is 0.643. The molecule has 7 nitrogen and oxygen atoms in total. The number of aromatic nitrogens is 4. The van der Waals surface area contributed by atoms with Crippen LogP contribution in [-0.4, -0.2) is 49.8 Å². The standard InChI is InChI=1S/C19H25ClN6O/c1-4-24(5-2)10-11-26-17-9-7-6-8-16(17)21-19(26)22-18(27)13-25-12-15(20)14(3)23-25/h6-9,12H,4-5,10-11,13H2,1-3H3,(H,21,22,27). The number of halogens is 1. The molecule has 0 unspecified atom stereocenters. The van der Waals surface area contributed by atoms with Crippen LogP contribution in [0.3, 0.4) is 0 Å². The van der Waals surface area contributed by atoms with Crippen LogP contribution in [0, 0.1) is 6.92 Å². The lowest BCUT2D eigenvalue weighted by atomic mass is 10.3. The number of nitrogens with one attached hydrogen (secondary N) is 1. The number of hydrogen-bond donors (Lipinski definition) is 1. The topological polar surface area (TPSA) is 68.0 Å². The number of para-hydroxylation sites is 2. The van der Waals surface area contributed by atoms with Gasteiger partial charge in [0.2, 0.25) is 11.9 Å². The summed E-state index contributed by atoms with van der Waals surface area (Å²) in [5, 5.41) is 7.71. The van der Waals surface area contributed by atoms with Gasteiger partial charge in [0.1, 0.15) is 6.54 Å². The molecule has 2 aromatic heterocycles. The Hall–Kier alpha value is -2.38. The summed E-state index contributed by atoms with van der Waals surface area (Å²) >= 11 is 6.01. The maximum Gasteiger partial charge on any atom is 0.248 e. The lowest BCUT2D eigenvalue weighted by Gasteiger charge is -2.19. The largest absolute Gasteiger partial charge is 0.309 e. The van der Waals surface area contributed by atoms with Gasteiger partial charge in [-0.3, -0.25) is 14.8 Å². The third-order valence-electron chi connectivity index (χ3n) is 4.63. The molecule has 1 aromatic carbocycles. The third kappa shape index (κ3) is 4.48. The molecule has 0 bridgehead atoms. The Morgan fingerprint density at radius 2 is 2.00 bits per heavy atom. The number of hydrogen-bond acceptors (Lipinski definition) is 4. The predicted octanol–water partition coefficient (Wildman–Crippen LogP) is 3.18. The van der Waals surface area contributed by atoms with Gasteiger partial charge in [-0.15, -0.1) is 0 Å². The monoisotopic (exact) mass is 388 g/mol. The number of carbonyl (C=O) groups is 1. The number of benzene rings is 1. The van der Waals surface area contributed by atoms with Gasteiger partial charge in [-0.25, -0.2) is 4.98 Å². The minimum atomic E-state index is -0.187. The van der Waals surface area contributed by atoms with Crippen LogP contribution >= 0.6 is 11.6 Å². The maximum absolute atomic E-state index is 12.5. The summed E-state index contributed by atoms with van der Waals surface area (Å²) in [5.74, 6) is 0.372. The Morgan fingerprint density at radius 1 is 1.26 bits per heavy atom. The van der Waals surface area contributed by atoms with Crippen molar-refractivity contribution in [2.45, 2.75) is 33.9 Å². The highest BCUT2D eigenvalue weighted by molar-refractivity contribution is 6.31. The van der Waals surface area contributed by atoms with Crippen molar-refractivity contribution < 1.29 is 4.79 Å². The number of nitrogens with zero attached hydrogens (tertiary/aromatic N) is 5. The summed E-state index contributed by atoms with van der Waals surface area (Å²) in [4.78, 5) is 19.4. The molecule has 144 valence electrons. The molecule has 0 saturated heterocycles. The van der Waals surface area contributed by atoms with Crippen molar-refractivity contribution in [3.05, 3.63) is 41.2 Å². The highest BCUT2D eigenvalue weighted by Gasteiger charge is 2.15. The third-order valence-corrected chi connectivity index (χ3v) is 5.00. The maximum atomic E-state index is 12.5. The van der Waals surface area contributed by atoms with Gasteiger partial charge < -0.3 is 9.47 Å². The highest BCUT2D eigenvalue weighted by Crippen LogP contribution is 2.20. The van der Waals surface area contributed by atoms with Crippen LogP contribution in [0.25, 0.3) is 11.0 Å². The second-order valence-electron chi connectivity index (χ2n) is 6.41. The van der Waals surface area contributed by atoms with Gasteiger partial charge >= 0.3 is 0 Å². The zero-order valence-electron chi connectivity index (χ0n) is 15.9. The molecule has 2 heterocycles. The van der Waals surface area contributed by atoms with Crippen LogP contribution in [0.15, 0.2) is 30.5 Å². The Morgan fingerprint density at radius 3 is 2.67 bits per heavy atom. The van der Waals surface area contributed by atoms with Gasteiger partial charge in [0.15, 0.2) is 0 Å². The zero-order chi connectivity index (χ0) is 19.4. The molecule has 1 amide bonds. The van der Waals surface area contributed by atoms with Gasteiger partial charge in [0.05, 0.1) is 21.7 Å². The van der Waals surface area contributed by atoms with E-state index >= 15 is 0 Å².